The molecule has 3 N–H and O–H groups in total. The first-order chi connectivity index (χ1) is 16.5. The number of hydrogen-bond acceptors (Lipinski definition) is 6. The summed E-state index contributed by atoms with van der Waals surface area (Å²) < 4.78 is 3.90. The van der Waals surface area contributed by atoms with Crippen LogP contribution in [-0.2, 0) is 13.1 Å². The molecule has 1 amide bonds. The van der Waals surface area contributed by atoms with Crippen LogP contribution in [-0.4, -0.2) is 64.7 Å². The van der Waals surface area contributed by atoms with Crippen molar-refractivity contribution in [1.29, 1.82) is 0 Å². The summed E-state index contributed by atoms with van der Waals surface area (Å²) in [5, 5.41) is 18.9. The standard InChI is InChI=1S/C24H29N9O/c1-3-32-21(8-14(2)30-32)24-27-23(28-29-24)18-9-16(22(25)34)10-20-19(18)11-26-33(20)13-15-6-7-31(12-15)17-4-5-17/h8-11,15,17H,3-7,12-13H2,1-2H3,(H2,25,34)(H,27,28,29)/t15-/m0/s1. The highest BCUT2D eigenvalue weighted by molar-refractivity contribution is 6.02. The minimum Gasteiger partial charge on any atom is -0.366 e. The van der Waals surface area contributed by atoms with E-state index >= 15 is 0 Å². The largest absolute Gasteiger partial charge is 0.366 e. The summed E-state index contributed by atoms with van der Waals surface area (Å²) in [6, 6.07) is 6.39. The number of rotatable bonds is 7. The van der Waals surface area contributed by atoms with Gasteiger partial charge in [-0.1, -0.05) is 0 Å². The Hall–Kier alpha value is -3.53. The first kappa shape index (κ1) is 21.0. The van der Waals surface area contributed by atoms with E-state index in [1.807, 2.05) is 41.5 Å². The molecule has 3 aromatic heterocycles. The van der Waals surface area contributed by atoms with Gasteiger partial charge in [-0.3, -0.25) is 14.2 Å². The zero-order valence-electron chi connectivity index (χ0n) is 19.5. The fourth-order valence-corrected chi connectivity index (χ4v) is 5.16. The van der Waals surface area contributed by atoms with E-state index in [2.05, 4.69) is 25.2 Å². The van der Waals surface area contributed by atoms with Crippen LogP contribution < -0.4 is 5.73 Å². The number of carbonyl (C=O) groups excluding carboxylic acids is 1. The van der Waals surface area contributed by atoms with E-state index in [9.17, 15) is 4.79 Å². The minimum atomic E-state index is -0.476. The van der Waals surface area contributed by atoms with Crippen molar-refractivity contribution in [3.8, 4) is 22.9 Å². The fraction of sp³-hybridized carbons (Fsp3) is 0.458. The van der Waals surface area contributed by atoms with Crippen LogP contribution in [0.5, 0.6) is 0 Å². The van der Waals surface area contributed by atoms with Crippen LogP contribution in [0, 0.1) is 12.8 Å². The Kier molecular flexibility index (Phi) is 4.98. The Morgan fingerprint density at radius 2 is 1.97 bits per heavy atom. The predicted molar refractivity (Wildman–Crippen MR) is 128 cm³/mol. The predicted octanol–water partition coefficient (Wildman–Crippen LogP) is 2.60. The van der Waals surface area contributed by atoms with Gasteiger partial charge in [-0.2, -0.15) is 10.2 Å². The molecule has 0 radical (unpaired) electrons. The molecule has 6 rings (SSSR count). The number of nitrogens with zero attached hydrogens (tertiary/aromatic N) is 7. The summed E-state index contributed by atoms with van der Waals surface area (Å²) >= 11 is 0. The molecular formula is C24H29N9O. The highest BCUT2D eigenvalue weighted by Crippen LogP contribution is 2.34. The van der Waals surface area contributed by atoms with Crippen LogP contribution in [0.4, 0.5) is 0 Å². The summed E-state index contributed by atoms with van der Waals surface area (Å²) in [5.74, 6) is 1.29. The van der Waals surface area contributed by atoms with E-state index in [0.717, 1.165) is 53.5 Å². The first-order valence-electron chi connectivity index (χ1n) is 12.0. The van der Waals surface area contributed by atoms with Crippen molar-refractivity contribution in [3.05, 3.63) is 35.7 Å². The number of amides is 1. The molecule has 4 heterocycles. The Morgan fingerprint density at radius 1 is 1.15 bits per heavy atom. The van der Waals surface area contributed by atoms with Gasteiger partial charge in [-0.15, -0.1) is 10.2 Å². The molecule has 1 atom stereocenters. The zero-order chi connectivity index (χ0) is 23.4. The molecular weight excluding hydrogens is 430 g/mol. The molecule has 1 aliphatic carbocycles. The number of nitrogens with one attached hydrogen (secondary N) is 1. The number of aryl methyl sites for hydroxylation is 2. The number of nitrogens with two attached hydrogens (primary N) is 1. The van der Waals surface area contributed by atoms with Gasteiger partial charge in [0.25, 0.3) is 0 Å². The van der Waals surface area contributed by atoms with Crippen LogP contribution in [0.2, 0.25) is 0 Å². The fourth-order valence-electron chi connectivity index (χ4n) is 5.16. The lowest BCUT2D eigenvalue weighted by Gasteiger charge is -2.15. The zero-order valence-corrected chi connectivity index (χ0v) is 19.5. The summed E-state index contributed by atoms with van der Waals surface area (Å²) in [4.78, 5) is 18.1. The van der Waals surface area contributed by atoms with Crippen LogP contribution >= 0.6 is 0 Å². The molecule has 2 fully saturated rings. The summed E-state index contributed by atoms with van der Waals surface area (Å²) in [6.45, 7) is 7.83. The van der Waals surface area contributed by atoms with E-state index in [4.69, 9.17) is 10.8 Å². The molecule has 1 saturated carbocycles. The lowest BCUT2D eigenvalue weighted by molar-refractivity contribution is 0.100. The van der Waals surface area contributed by atoms with Crippen LogP contribution in [0.15, 0.2) is 24.4 Å². The Morgan fingerprint density at radius 3 is 2.74 bits per heavy atom. The lowest BCUT2D eigenvalue weighted by Crippen LogP contribution is -2.24. The van der Waals surface area contributed by atoms with Gasteiger partial charge in [0, 0.05) is 42.2 Å². The molecule has 0 spiro atoms. The van der Waals surface area contributed by atoms with Gasteiger partial charge in [-0.05, 0) is 63.8 Å². The third kappa shape index (κ3) is 3.67. The molecule has 0 bridgehead atoms. The molecule has 34 heavy (non-hydrogen) atoms. The van der Waals surface area contributed by atoms with E-state index in [1.165, 1.54) is 25.8 Å². The third-order valence-electron chi connectivity index (χ3n) is 7.04. The van der Waals surface area contributed by atoms with Crippen molar-refractivity contribution < 1.29 is 4.79 Å². The van der Waals surface area contributed by atoms with Gasteiger partial charge in [0.1, 0.15) is 5.69 Å². The SMILES string of the molecule is CCn1nc(C)cc1-c1nnc(-c2cc(C(N)=O)cc3c2cnn3C[C@H]2CCN(C3CC3)C2)[nH]1. The molecule has 1 saturated heterocycles. The van der Waals surface area contributed by atoms with Gasteiger partial charge in [0.05, 0.1) is 17.4 Å². The molecule has 0 unspecified atom stereocenters. The van der Waals surface area contributed by atoms with Crippen LogP contribution in [0.3, 0.4) is 0 Å². The monoisotopic (exact) mass is 459 g/mol. The number of fused-ring (bicyclic) bond motifs is 1. The second-order valence-electron chi connectivity index (χ2n) is 9.54. The van der Waals surface area contributed by atoms with Crippen LogP contribution in [0.25, 0.3) is 33.8 Å². The van der Waals surface area contributed by atoms with Gasteiger partial charge >= 0.3 is 0 Å². The number of primary amides is 1. The van der Waals surface area contributed by atoms with E-state index in [1.54, 1.807) is 6.07 Å². The van der Waals surface area contributed by atoms with Crippen molar-refractivity contribution >= 4 is 16.8 Å². The molecule has 1 aliphatic heterocycles. The maximum Gasteiger partial charge on any atom is 0.248 e. The van der Waals surface area contributed by atoms with Crippen molar-refractivity contribution in [2.24, 2.45) is 11.7 Å². The highest BCUT2D eigenvalue weighted by Gasteiger charge is 2.34. The summed E-state index contributed by atoms with van der Waals surface area (Å²) in [6.07, 6.45) is 5.70. The molecule has 10 heteroatoms. The number of likely N-dealkylation sites (tertiary alicyclic amines) is 1. The number of carbonyl (C=O) groups is 1. The van der Waals surface area contributed by atoms with E-state index < -0.39 is 5.91 Å². The number of hydrogen-bond donors (Lipinski definition) is 2. The Balaban J connectivity index is 1.37. The Labute approximate surface area is 197 Å². The normalized spacial score (nSPS) is 18.8. The minimum absolute atomic E-state index is 0.433. The van der Waals surface area contributed by atoms with Crippen molar-refractivity contribution in [3.63, 3.8) is 0 Å². The van der Waals surface area contributed by atoms with Gasteiger partial charge in [-0.25, -0.2) is 0 Å². The van der Waals surface area contributed by atoms with E-state index in [-0.39, 0.29) is 0 Å². The smallest absolute Gasteiger partial charge is 0.248 e. The van der Waals surface area contributed by atoms with Gasteiger partial charge < -0.3 is 15.6 Å². The molecule has 4 aromatic rings. The number of benzene rings is 1. The van der Waals surface area contributed by atoms with E-state index in [0.29, 0.717) is 23.1 Å². The third-order valence-corrected chi connectivity index (χ3v) is 7.04. The quantitative estimate of drug-likeness (QED) is 0.438. The van der Waals surface area contributed by atoms with Crippen LogP contribution in [0.1, 0.15) is 42.2 Å². The average molecular weight is 460 g/mol. The Bertz CT molecular complexity index is 1380. The second kappa shape index (κ2) is 8.05. The average Bonchev–Trinajstić information content (AvgIpc) is 3.19. The highest BCUT2D eigenvalue weighted by atomic mass is 16.1. The number of aromatic nitrogens is 7. The second-order valence-corrected chi connectivity index (χ2v) is 9.54. The first-order valence-corrected chi connectivity index (χ1v) is 12.0. The van der Waals surface area contributed by atoms with Gasteiger partial charge in [0.15, 0.2) is 11.6 Å². The topological polar surface area (TPSA) is 124 Å². The molecule has 10 nitrogen and oxygen atoms in total. The molecule has 1 aromatic carbocycles. The van der Waals surface area contributed by atoms with Crippen molar-refractivity contribution in [2.45, 2.75) is 52.2 Å². The maximum absolute atomic E-state index is 12.2. The number of H-pyrrole nitrogens is 1. The number of aromatic amines is 1. The summed E-state index contributed by atoms with van der Waals surface area (Å²) in [5.41, 5.74) is 9.58. The summed E-state index contributed by atoms with van der Waals surface area (Å²) in [7, 11) is 0. The van der Waals surface area contributed by atoms with Crippen molar-refractivity contribution in [1.82, 2.24) is 39.6 Å². The molecule has 2 aliphatic rings. The van der Waals surface area contributed by atoms with Crippen molar-refractivity contribution in [2.75, 3.05) is 13.1 Å². The van der Waals surface area contributed by atoms with Gasteiger partial charge in [0.2, 0.25) is 5.91 Å². The molecule has 176 valence electrons. The lowest BCUT2D eigenvalue weighted by atomic mass is 10.0. The maximum atomic E-state index is 12.2.